The molecule has 0 radical (unpaired) electrons. The van der Waals surface area contributed by atoms with Crippen LogP contribution in [0.25, 0.3) is 0 Å². The lowest BCUT2D eigenvalue weighted by molar-refractivity contribution is -0.127. The molecule has 3 aliphatic rings. The summed E-state index contributed by atoms with van der Waals surface area (Å²) in [5, 5.41) is 0. The molecule has 0 unspecified atom stereocenters. The van der Waals surface area contributed by atoms with Gasteiger partial charge in [-0.15, -0.1) is 0 Å². The van der Waals surface area contributed by atoms with Gasteiger partial charge in [-0.25, -0.2) is 4.90 Å². The van der Waals surface area contributed by atoms with Crippen molar-refractivity contribution >= 4 is 29.1 Å². The fraction of sp³-hybridized carbons (Fsp3) is 0.214. The van der Waals surface area contributed by atoms with E-state index in [2.05, 4.69) is 0 Å². The standard InChI is InChI=1S/C28H21NO5/c1-15-12-16(2)14-18(13-15)29-26(32)21-22(27(29)33)28(34-23(21)17-8-4-3-5-9-17)24(30)19-10-6-7-11-20(19)25(28)31/h3-14,21-23H,1-2H3/t21-,22-,23-/m1/s1. The Labute approximate surface area is 196 Å². The van der Waals surface area contributed by atoms with E-state index in [0.29, 0.717) is 11.3 Å². The highest BCUT2D eigenvalue weighted by Gasteiger charge is 2.74. The average Bonchev–Trinajstić information content (AvgIpc) is 3.39. The fourth-order valence-electron chi connectivity index (χ4n) is 5.80. The maximum atomic E-state index is 13.9. The Kier molecular flexibility index (Phi) is 4.29. The topological polar surface area (TPSA) is 80.8 Å². The van der Waals surface area contributed by atoms with Crippen molar-refractivity contribution in [2.75, 3.05) is 4.90 Å². The van der Waals surface area contributed by atoms with Crippen molar-refractivity contribution in [2.45, 2.75) is 25.6 Å². The number of ether oxygens (including phenoxy) is 1. The Morgan fingerprint density at radius 3 is 1.88 bits per heavy atom. The minimum absolute atomic E-state index is 0.227. The van der Waals surface area contributed by atoms with E-state index in [0.717, 1.165) is 16.0 Å². The second-order valence-corrected chi connectivity index (χ2v) is 9.25. The monoisotopic (exact) mass is 451 g/mol. The van der Waals surface area contributed by atoms with Gasteiger partial charge >= 0.3 is 0 Å². The zero-order chi connectivity index (χ0) is 23.8. The van der Waals surface area contributed by atoms with E-state index in [9.17, 15) is 19.2 Å². The highest BCUT2D eigenvalue weighted by molar-refractivity contribution is 6.37. The zero-order valence-corrected chi connectivity index (χ0v) is 18.6. The highest BCUT2D eigenvalue weighted by Crippen LogP contribution is 2.57. The third kappa shape index (κ3) is 2.54. The number of amides is 2. The van der Waals surface area contributed by atoms with Gasteiger partial charge < -0.3 is 4.74 Å². The Morgan fingerprint density at radius 1 is 0.735 bits per heavy atom. The number of nitrogens with zero attached hydrogens (tertiary/aromatic N) is 1. The summed E-state index contributed by atoms with van der Waals surface area (Å²) in [7, 11) is 0. The van der Waals surface area contributed by atoms with E-state index in [4.69, 9.17) is 4.74 Å². The van der Waals surface area contributed by atoms with Crippen molar-refractivity contribution in [3.8, 4) is 0 Å². The number of fused-ring (bicyclic) bond motifs is 3. The Bertz CT molecular complexity index is 1350. The maximum Gasteiger partial charge on any atom is 0.241 e. The lowest BCUT2D eigenvalue weighted by atomic mass is 9.77. The first-order valence-corrected chi connectivity index (χ1v) is 11.2. The molecule has 0 saturated carbocycles. The molecular formula is C28H21NO5. The van der Waals surface area contributed by atoms with Crippen LogP contribution in [0.2, 0.25) is 0 Å². The molecule has 6 nitrogen and oxygen atoms in total. The molecule has 2 aliphatic heterocycles. The third-order valence-electron chi connectivity index (χ3n) is 7.11. The molecular weight excluding hydrogens is 430 g/mol. The van der Waals surface area contributed by atoms with E-state index in [-0.39, 0.29) is 11.1 Å². The molecule has 3 aromatic carbocycles. The minimum atomic E-state index is -2.05. The predicted molar refractivity (Wildman–Crippen MR) is 123 cm³/mol. The molecule has 6 rings (SSSR count). The Hall–Kier alpha value is -3.90. The summed E-state index contributed by atoms with van der Waals surface area (Å²) < 4.78 is 6.28. The van der Waals surface area contributed by atoms with Crippen LogP contribution in [0.5, 0.6) is 0 Å². The van der Waals surface area contributed by atoms with Gasteiger partial charge in [0.1, 0.15) is 0 Å². The van der Waals surface area contributed by atoms with Gasteiger partial charge in [0.2, 0.25) is 29.0 Å². The lowest BCUT2D eigenvalue weighted by Crippen LogP contribution is -2.51. The number of imide groups is 1. The number of rotatable bonds is 2. The maximum absolute atomic E-state index is 13.9. The second kappa shape index (κ2) is 7.05. The van der Waals surface area contributed by atoms with Gasteiger partial charge in [-0.05, 0) is 42.7 Å². The molecule has 0 bridgehead atoms. The second-order valence-electron chi connectivity index (χ2n) is 9.25. The quantitative estimate of drug-likeness (QED) is 0.435. The number of aryl methyl sites for hydroxylation is 2. The van der Waals surface area contributed by atoms with Gasteiger partial charge in [-0.3, -0.25) is 19.2 Å². The molecule has 2 heterocycles. The van der Waals surface area contributed by atoms with Crippen LogP contribution in [0.4, 0.5) is 5.69 Å². The number of ketones is 2. The van der Waals surface area contributed by atoms with Crippen LogP contribution in [-0.2, 0) is 14.3 Å². The number of carbonyl (C=O) groups excluding carboxylic acids is 4. The molecule has 3 atom stereocenters. The minimum Gasteiger partial charge on any atom is -0.349 e. The first kappa shape index (κ1) is 20.7. The molecule has 1 aliphatic carbocycles. The summed E-state index contributed by atoms with van der Waals surface area (Å²) in [6.45, 7) is 3.78. The first-order chi connectivity index (χ1) is 16.3. The molecule has 0 N–H and O–H groups in total. The van der Waals surface area contributed by atoms with Crippen molar-refractivity contribution in [1.29, 1.82) is 0 Å². The van der Waals surface area contributed by atoms with Crippen LogP contribution in [0.3, 0.4) is 0 Å². The van der Waals surface area contributed by atoms with Crippen LogP contribution in [0.15, 0.2) is 72.8 Å². The summed E-state index contributed by atoms with van der Waals surface area (Å²) in [6.07, 6.45) is -0.902. The van der Waals surface area contributed by atoms with Gasteiger partial charge in [0, 0.05) is 11.1 Å². The van der Waals surface area contributed by atoms with Crippen molar-refractivity contribution < 1.29 is 23.9 Å². The molecule has 2 fully saturated rings. The summed E-state index contributed by atoms with van der Waals surface area (Å²) in [5.74, 6) is -4.36. The molecule has 3 aromatic rings. The van der Waals surface area contributed by atoms with Gasteiger partial charge in [0.05, 0.1) is 23.6 Å². The SMILES string of the molecule is Cc1cc(C)cc(N2C(=O)[C@H]3[C@@H](c4ccccc4)OC4(C(=O)c5ccccc5C4=O)[C@H]3C2=O)c1. The van der Waals surface area contributed by atoms with Crippen LogP contribution in [-0.4, -0.2) is 29.0 Å². The van der Waals surface area contributed by atoms with E-state index < -0.39 is 46.9 Å². The van der Waals surface area contributed by atoms with Gasteiger partial charge in [-0.2, -0.15) is 0 Å². The average molecular weight is 451 g/mol. The van der Waals surface area contributed by atoms with Crippen LogP contribution in [0, 0.1) is 25.7 Å². The first-order valence-electron chi connectivity index (χ1n) is 11.2. The normalized spacial score (nSPS) is 24.8. The van der Waals surface area contributed by atoms with Crippen molar-refractivity contribution in [3.63, 3.8) is 0 Å². The predicted octanol–water partition coefficient (Wildman–Crippen LogP) is 4.00. The number of anilines is 1. The van der Waals surface area contributed by atoms with Crippen LogP contribution < -0.4 is 4.90 Å². The van der Waals surface area contributed by atoms with Crippen LogP contribution in [0.1, 0.15) is 43.5 Å². The summed E-state index contributed by atoms with van der Waals surface area (Å²) in [5.41, 5.74) is 1.30. The van der Waals surface area contributed by atoms with E-state index >= 15 is 0 Å². The van der Waals surface area contributed by atoms with E-state index in [1.54, 1.807) is 60.7 Å². The largest absolute Gasteiger partial charge is 0.349 e. The number of carbonyl (C=O) groups is 4. The Balaban J connectivity index is 1.56. The third-order valence-corrected chi connectivity index (χ3v) is 7.11. The van der Waals surface area contributed by atoms with Crippen molar-refractivity contribution in [3.05, 3.63) is 101 Å². The van der Waals surface area contributed by atoms with E-state index in [1.807, 2.05) is 26.0 Å². The van der Waals surface area contributed by atoms with Gasteiger partial charge in [-0.1, -0.05) is 60.7 Å². The number of hydrogen-bond donors (Lipinski definition) is 0. The highest BCUT2D eigenvalue weighted by atomic mass is 16.5. The fourth-order valence-corrected chi connectivity index (χ4v) is 5.80. The lowest BCUT2D eigenvalue weighted by Gasteiger charge is -2.27. The van der Waals surface area contributed by atoms with Gasteiger partial charge in [0.25, 0.3) is 0 Å². The number of hydrogen-bond acceptors (Lipinski definition) is 5. The molecule has 2 amide bonds. The molecule has 168 valence electrons. The Morgan fingerprint density at radius 2 is 1.29 bits per heavy atom. The number of Topliss-reactive ketones (excluding diaryl/α,β-unsaturated/α-hetero) is 2. The zero-order valence-electron chi connectivity index (χ0n) is 18.6. The smallest absolute Gasteiger partial charge is 0.241 e. The molecule has 6 heteroatoms. The molecule has 0 aromatic heterocycles. The molecule has 2 saturated heterocycles. The summed E-state index contributed by atoms with van der Waals surface area (Å²) >= 11 is 0. The number of benzene rings is 3. The molecule has 34 heavy (non-hydrogen) atoms. The van der Waals surface area contributed by atoms with Crippen molar-refractivity contribution in [1.82, 2.24) is 0 Å². The summed E-state index contributed by atoms with van der Waals surface area (Å²) in [4.78, 5) is 56.3. The van der Waals surface area contributed by atoms with Gasteiger partial charge in [0.15, 0.2) is 0 Å². The van der Waals surface area contributed by atoms with E-state index in [1.165, 1.54) is 0 Å². The van der Waals surface area contributed by atoms with Crippen molar-refractivity contribution in [2.24, 2.45) is 11.8 Å². The molecule has 1 spiro atoms. The summed E-state index contributed by atoms with van der Waals surface area (Å²) in [6, 6.07) is 21.0. The van der Waals surface area contributed by atoms with Crippen LogP contribution >= 0.6 is 0 Å².